The molecule has 0 aliphatic carbocycles. The molecule has 1 aromatic carbocycles. The highest BCUT2D eigenvalue weighted by atomic mass is 35.5. The molecule has 0 saturated heterocycles. The summed E-state index contributed by atoms with van der Waals surface area (Å²) >= 11 is 6.33. The second-order valence-electron chi connectivity index (χ2n) is 13.1. The van der Waals surface area contributed by atoms with Crippen molar-refractivity contribution in [2.24, 2.45) is 0 Å². The van der Waals surface area contributed by atoms with Crippen LogP contribution in [0.4, 0.5) is 9.18 Å². The van der Waals surface area contributed by atoms with Gasteiger partial charge in [-0.3, -0.25) is 4.68 Å². The normalized spacial score (nSPS) is 14.0. The predicted molar refractivity (Wildman–Crippen MR) is 167 cm³/mol. The SMILES string of the molecule is Cc1cn(COCC[Si](C)(C)C)c2nccc(-c3c(-c4cc(Cl)ccc4F)nn4c3CN(C(=O)OC(C)(C)C)CC4)c12. The Morgan fingerprint density at radius 2 is 1.90 bits per heavy atom. The number of hydrogen-bond donors (Lipinski definition) is 0. The van der Waals surface area contributed by atoms with Crippen LogP contribution in [-0.2, 0) is 29.3 Å². The molecule has 8 nitrogen and oxygen atoms in total. The summed E-state index contributed by atoms with van der Waals surface area (Å²) in [4.78, 5) is 19.5. The summed E-state index contributed by atoms with van der Waals surface area (Å²) in [5.74, 6) is -0.421. The van der Waals surface area contributed by atoms with E-state index in [9.17, 15) is 4.79 Å². The van der Waals surface area contributed by atoms with Gasteiger partial charge in [-0.05, 0) is 69.1 Å². The van der Waals surface area contributed by atoms with Crippen molar-refractivity contribution in [2.45, 2.75) is 78.8 Å². The molecule has 4 heterocycles. The van der Waals surface area contributed by atoms with Gasteiger partial charge in [0.15, 0.2) is 0 Å². The number of fused-ring (bicyclic) bond motifs is 2. The Morgan fingerprint density at radius 3 is 2.62 bits per heavy atom. The molecule has 1 aliphatic rings. The molecular weight excluding hydrogens is 573 g/mol. The smallest absolute Gasteiger partial charge is 0.410 e. The molecule has 0 bridgehead atoms. The van der Waals surface area contributed by atoms with Crippen LogP contribution in [0.2, 0.25) is 30.7 Å². The minimum absolute atomic E-state index is 0.267. The highest BCUT2D eigenvalue weighted by molar-refractivity contribution is 6.76. The van der Waals surface area contributed by atoms with Gasteiger partial charge in [-0.2, -0.15) is 5.10 Å². The number of carbonyl (C=O) groups is 1. The molecule has 1 amide bonds. The molecule has 11 heteroatoms. The van der Waals surface area contributed by atoms with Gasteiger partial charge in [-0.15, -0.1) is 0 Å². The third kappa shape index (κ3) is 6.40. The van der Waals surface area contributed by atoms with E-state index in [1.165, 1.54) is 12.1 Å². The highest BCUT2D eigenvalue weighted by Crippen LogP contribution is 2.42. The maximum Gasteiger partial charge on any atom is 0.410 e. The van der Waals surface area contributed by atoms with Gasteiger partial charge < -0.3 is 18.9 Å². The lowest BCUT2D eigenvalue weighted by molar-refractivity contribution is 0.0195. The molecule has 0 atom stereocenters. The van der Waals surface area contributed by atoms with E-state index in [1.807, 2.05) is 49.2 Å². The largest absolute Gasteiger partial charge is 0.444 e. The third-order valence-corrected chi connectivity index (χ3v) is 9.20. The van der Waals surface area contributed by atoms with Crippen LogP contribution in [0.25, 0.3) is 33.4 Å². The summed E-state index contributed by atoms with van der Waals surface area (Å²) in [6, 6.07) is 7.49. The van der Waals surface area contributed by atoms with E-state index in [-0.39, 0.29) is 6.54 Å². The molecule has 3 aromatic heterocycles. The van der Waals surface area contributed by atoms with Crippen LogP contribution < -0.4 is 0 Å². The van der Waals surface area contributed by atoms with E-state index < -0.39 is 25.6 Å². The van der Waals surface area contributed by atoms with Crippen molar-refractivity contribution in [3.8, 4) is 22.4 Å². The monoisotopic (exact) mass is 611 g/mol. The molecule has 0 fully saturated rings. The van der Waals surface area contributed by atoms with Gasteiger partial charge in [-0.25, -0.2) is 14.2 Å². The van der Waals surface area contributed by atoms with Crippen LogP contribution in [0.5, 0.6) is 0 Å². The first-order valence-corrected chi connectivity index (χ1v) is 18.4. The van der Waals surface area contributed by atoms with E-state index >= 15 is 4.39 Å². The van der Waals surface area contributed by atoms with Crippen molar-refractivity contribution in [1.29, 1.82) is 0 Å². The number of halogens is 2. The molecule has 0 saturated carbocycles. The summed E-state index contributed by atoms with van der Waals surface area (Å²) < 4.78 is 31.0. The molecule has 0 radical (unpaired) electrons. The minimum atomic E-state index is -1.21. The zero-order chi connectivity index (χ0) is 30.4. The molecule has 5 rings (SSSR count). The maximum atomic E-state index is 15.3. The number of aryl methyl sites for hydroxylation is 1. The van der Waals surface area contributed by atoms with E-state index in [0.717, 1.165) is 39.5 Å². The molecule has 224 valence electrons. The summed E-state index contributed by atoms with van der Waals surface area (Å²) in [5, 5.41) is 6.23. The number of amides is 1. The zero-order valence-corrected chi connectivity index (χ0v) is 27.2. The van der Waals surface area contributed by atoms with E-state index in [4.69, 9.17) is 31.2 Å². The number of rotatable bonds is 7. The van der Waals surface area contributed by atoms with Crippen LogP contribution in [0, 0.1) is 12.7 Å². The molecule has 4 aromatic rings. The van der Waals surface area contributed by atoms with E-state index in [0.29, 0.717) is 42.7 Å². The lowest BCUT2D eigenvalue weighted by Gasteiger charge is -2.31. The van der Waals surface area contributed by atoms with Crippen molar-refractivity contribution in [3.05, 3.63) is 58.8 Å². The Hall–Kier alpha value is -3.21. The van der Waals surface area contributed by atoms with Crippen molar-refractivity contribution in [1.82, 2.24) is 24.2 Å². The number of hydrogen-bond acceptors (Lipinski definition) is 5. The van der Waals surface area contributed by atoms with Crippen LogP contribution >= 0.6 is 11.6 Å². The van der Waals surface area contributed by atoms with Gasteiger partial charge in [0.1, 0.15) is 29.5 Å². The van der Waals surface area contributed by atoms with Gasteiger partial charge in [0.05, 0.1) is 18.8 Å². The fourth-order valence-corrected chi connectivity index (χ4v) is 6.14. The molecule has 0 spiro atoms. The molecule has 42 heavy (non-hydrogen) atoms. The Kier molecular flexibility index (Phi) is 8.26. The third-order valence-electron chi connectivity index (χ3n) is 7.26. The van der Waals surface area contributed by atoms with Gasteiger partial charge >= 0.3 is 6.09 Å². The summed E-state index contributed by atoms with van der Waals surface area (Å²) in [5.41, 5.74) is 4.35. The number of aromatic nitrogens is 4. The number of benzene rings is 1. The summed E-state index contributed by atoms with van der Waals surface area (Å²) in [7, 11) is -1.21. The van der Waals surface area contributed by atoms with Gasteiger partial charge in [0.2, 0.25) is 0 Å². The van der Waals surface area contributed by atoms with Gasteiger partial charge in [0, 0.05) is 55.2 Å². The van der Waals surface area contributed by atoms with Crippen molar-refractivity contribution >= 4 is 36.8 Å². The Bertz CT molecular complexity index is 1640. The lowest BCUT2D eigenvalue weighted by atomic mass is 9.95. The average Bonchev–Trinajstić information content (AvgIpc) is 3.43. The molecule has 0 unspecified atom stereocenters. The van der Waals surface area contributed by atoms with Gasteiger partial charge in [0.25, 0.3) is 0 Å². The molecular formula is C31H39ClFN5O3Si. The number of pyridine rings is 1. The Morgan fingerprint density at radius 1 is 1.14 bits per heavy atom. The number of ether oxygens (including phenoxy) is 2. The van der Waals surface area contributed by atoms with Crippen LogP contribution in [-0.4, -0.2) is 57.2 Å². The van der Waals surface area contributed by atoms with Crippen molar-refractivity contribution in [2.75, 3.05) is 13.2 Å². The second kappa shape index (κ2) is 11.5. The fraction of sp³-hybridized carbons (Fsp3) is 0.452. The zero-order valence-electron chi connectivity index (χ0n) is 25.4. The summed E-state index contributed by atoms with van der Waals surface area (Å²) in [6.45, 7) is 16.8. The number of carbonyl (C=O) groups excluding carboxylic acids is 1. The van der Waals surface area contributed by atoms with E-state index in [2.05, 4.69) is 19.6 Å². The molecule has 1 aliphatic heterocycles. The standard InChI is InChI=1S/C31H39ClFN5O3Si/c1-20-17-37(19-40-14-15-42(5,6)7)29-26(20)22(10-11-34-29)27-25-18-36(30(39)41-31(2,3)4)12-13-38(25)35-28(27)23-16-21(32)8-9-24(23)33/h8-11,16-17H,12-15,18-19H2,1-7H3. The predicted octanol–water partition coefficient (Wildman–Crippen LogP) is 7.73. The maximum absolute atomic E-state index is 15.3. The Balaban J connectivity index is 1.62. The summed E-state index contributed by atoms with van der Waals surface area (Å²) in [6.07, 6.45) is 3.40. The van der Waals surface area contributed by atoms with Crippen LogP contribution in [0.15, 0.2) is 36.7 Å². The van der Waals surface area contributed by atoms with Crippen molar-refractivity contribution in [3.63, 3.8) is 0 Å². The van der Waals surface area contributed by atoms with Crippen LogP contribution in [0.1, 0.15) is 32.0 Å². The minimum Gasteiger partial charge on any atom is -0.444 e. The Labute approximate surface area is 252 Å². The molecule has 0 N–H and O–H groups in total. The number of nitrogens with zero attached hydrogens (tertiary/aromatic N) is 5. The first-order valence-electron chi connectivity index (χ1n) is 14.3. The first-order chi connectivity index (χ1) is 19.7. The van der Waals surface area contributed by atoms with Crippen molar-refractivity contribution < 1.29 is 18.7 Å². The average molecular weight is 612 g/mol. The quantitative estimate of drug-likeness (QED) is 0.158. The second-order valence-corrected chi connectivity index (χ2v) is 19.2. The van der Waals surface area contributed by atoms with E-state index in [1.54, 1.807) is 17.2 Å². The first kappa shape index (κ1) is 30.3. The van der Waals surface area contributed by atoms with Crippen LogP contribution in [0.3, 0.4) is 0 Å². The van der Waals surface area contributed by atoms with Gasteiger partial charge in [-0.1, -0.05) is 31.2 Å². The topological polar surface area (TPSA) is 74.4 Å². The lowest BCUT2D eigenvalue weighted by Crippen LogP contribution is -2.41. The fourth-order valence-electron chi connectivity index (χ4n) is 5.22. The highest BCUT2D eigenvalue weighted by Gasteiger charge is 2.32.